The van der Waals surface area contributed by atoms with E-state index in [1.807, 2.05) is 60.8 Å². The fourth-order valence-electron chi connectivity index (χ4n) is 6.83. The summed E-state index contributed by atoms with van der Waals surface area (Å²) in [5, 5.41) is 4.04. The number of nitrogens with zero attached hydrogens (tertiary/aromatic N) is 2. The number of hydrogen-bond donors (Lipinski definition) is 2. The smallest absolute Gasteiger partial charge is 0.247 e. The minimum atomic E-state index is -0.715. The van der Waals surface area contributed by atoms with E-state index in [4.69, 9.17) is 0 Å². The number of anilines is 1. The number of fused-ring (bicyclic) bond motifs is 6. The third-order valence-electron chi connectivity index (χ3n) is 8.71. The van der Waals surface area contributed by atoms with E-state index in [2.05, 4.69) is 30.7 Å². The molecule has 1 aromatic heterocycles. The van der Waals surface area contributed by atoms with Crippen LogP contribution in [0.15, 0.2) is 67.4 Å². The number of rotatable bonds is 4. The molecule has 3 aliphatic rings. The Morgan fingerprint density at radius 2 is 1.89 bits per heavy atom. The Bertz CT molecular complexity index is 1440. The van der Waals surface area contributed by atoms with Gasteiger partial charge in [-0.05, 0) is 35.1 Å². The van der Waals surface area contributed by atoms with Crippen molar-refractivity contribution in [3.8, 4) is 0 Å². The number of carbonyl (C=O) groups is 3. The van der Waals surface area contributed by atoms with E-state index >= 15 is 0 Å². The van der Waals surface area contributed by atoms with Gasteiger partial charge in [-0.3, -0.25) is 19.3 Å². The third-order valence-corrected chi connectivity index (χ3v) is 8.71. The molecule has 7 nitrogen and oxygen atoms in total. The van der Waals surface area contributed by atoms with E-state index in [0.717, 1.165) is 27.7 Å². The van der Waals surface area contributed by atoms with Crippen LogP contribution in [0.1, 0.15) is 38.3 Å². The summed E-state index contributed by atoms with van der Waals surface area (Å²) in [6.45, 7) is 9.80. The fraction of sp³-hybridized carbons (Fsp3) is 0.345. The van der Waals surface area contributed by atoms with Crippen LogP contribution in [0.4, 0.5) is 5.69 Å². The van der Waals surface area contributed by atoms with Crippen LogP contribution in [0.2, 0.25) is 0 Å². The zero-order valence-corrected chi connectivity index (χ0v) is 20.7. The highest BCUT2D eigenvalue weighted by molar-refractivity contribution is 6.03. The van der Waals surface area contributed by atoms with Crippen LogP contribution < -0.4 is 10.2 Å². The molecule has 0 aliphatic carbocycles. The number of carbonyl (C=O) groups excluding carboxylic acids is 3. The van der Waals surface area contributed by atoms with Gasteiger partial charge < -0.3 is 15.2 Å². The molecule has 2 fully saturated rings. The second kappa shape index (κ2) is 7.56. The largest absolute Gasteiger partial charge is 0.361 e. The molecule has 0 unspecified atom stereocenters. The van der Waals surface area contributed by atoms with Crippen molar-refractivity contribution in [3.05, 3.63) is 78.5 Å². The minimum absolute atomic E-state index is 0.151. The predicted octanol–water partition coefficient (Wildman–Crippen LogP) is 3.65. The van der Waals surface area contributed by atoms with Gasteiger partial charge >= 0.3 is 0 Å². The lowest BCUT2D eigenvalue weighted by Gasteiger charge is -2.46. The highest BCUT2D eigenvalue weighted by atomic mass is 16.2. The lowest BCUT2D eigenvalue weighted by atomic mass is 9.60. The zero-order chi connectivity index (χ0) is 25.4. The Labute approximate surface area is 210 Å². The average Bonchev–Trinajstić information content (AvgIpc) is 3.52. The number of amides is 3. The molecule has 184 valence electrons. The SMILES string of the molecule is C=CC(C)(C)[C@@]12C[C@@H]3C(=O)N[C@@H](Cc4c[nH]c5ccccc45)C(=O)N3[C@@H]1N(C(C)=O)c1ccccc12. The highest BCUT2D eigenvalue weighted by Crippen LogP contribution is 2.62. The van der Waals surface area contributed by atoms with Crippen LogP contribution in [0.3, 0.4) is 0 Å². The van der Waals surface area contributed by atoms with Gasteiger partial charge in [0.2, 0.25) is 17.7 Å². The van der Waals surface area contributed by atoms with Gasteiger partial charge in [0, 0.05) is 41.5 Å². The average molecular weight is 483 g/mol. The van der Waals surface area contributed by atoms with Crippen LogP contribution >= 0.6 is 0 Å². The normalized spacial score (nSPS) is 27.0. The van der Waals surface area contributed by atoms with Crippen molar-refractivity contribution in [1.82, 2.24) is 15.2 Å². The van der Waals surface area contributed by atoms with Crippen molar-refractivity contribution in [2.45, 2.75) is 57.3 Å². The van der Waals surface area contributed by atoms with Crippen LogP contribution in [-0.2, 0) is 26.2 Å². The number of piperazine rings is 1. The van der Waals surface area contributed by atoms with E-state index in [0.29, 0.717) is 12.8 Å². The first-order chi connectivity index (χ1) is 17.2. The molecule has 2 N–H and O–H groups in total. The Morgan fingerprint density at radius 1 is 1.17 bits per heavy atom. The standard InChI is InChI=1S/C29H30N4O3/c1-5-28(3,4)29-15-24-25(35)31-22(14-18-16-30-21-12-8-6-10-19(18)21)26(36)33(24)27(29)32(17(2)34)23-13-9-7-11-20(23)29/h5-13,16,22,24,27,30H,1,14-15H2,2-4H3,(H,31,35)/t22-,24+,27-,29+/m0/s1. The number of allylic oxidation sites excluding steroid dienone is 1. The van der Waals surface area contributed by atoms with Gasteiger partial charge in [0.15, 0.2) is 0 Å². The van der Waals surface area contributed by atoms with Gasteiger partial charge in [-0.15, -0.1) is 6.58 Å². The molecule has 3 aromatic rings. The van der Waals surface area contributed by atoms with E-state index in [1.165, 1.54) is 6.92 Å². The molecule has 4 heterocycles. The summed E-state index contributed by atoms with van der Waals surface area (Å²) in [7, 11) is 0. The topological polar surface area (TPSA) is 85.5 Å². The van der Waals surface area contributed by atoms with Crippen molar-refractivity contribution >= 4 is 34.3 Å². The molecule has 0 spiro atoms. The van der Waals surface area contributed by atoms with Crippen LogP contribution in [-0.4, -0.2) is 45.9 Å². The molecule has 2 saturated heterocycles. The number of hydrogen-bond acceptors (Lipinski definition) is 3. The van der Waals surface area contributed by atoms with Gasteiger partial charge in [-0.2, -0.15) is 0 Å². The van der Waals surface area contributed by atoms with Crippen molar-refractivity contribution in [1.29, 1.82) is 0 Å². The molecule has 0 bridgehead atoms. The number of aromatic amines is 1. The summed E-state index contributed by atoms with van der Waals surface area (Å²) in [5.41, 5.74) is 2.58. The van der Waals surface area contributed by atoms with E-state index in [9.17, 15) is 14.4 Å². The first-order valence-corrected chi connectivity index (χ1v) is 12.4. The summed E-state index contributed by atoms with van der Waals surface area (Å²) < 4.78 is 0. The Kier molecular flexibility index (Phi) is 4.74. The second-order valence-corrected chi connectivity index (χ2v) is 10.8. The number of benzene rings is 2. The molecular formula is C29H30N4O3. The summed E-state index contributed by atoms with van der Waals surface area (Å²) in [6, 6.07) is 14.4. The number of para-hydroxylation sites is 2. The van der Waals surface area contributed by atoms with Crippen molar-refractivity contribution in [2.75, 3.05) is 4.90 Å². The number of aromatic nitrogens is 1. The fourth-order valence-corrected chi connectivity index (χ4v) is 6.83. The quantitative estimate of drug-likeness (QED) is 0.557. The summed E-state index contributed by atoms with van der Waals surface area (Å²) in [5.74, 6) is -0.480. The lowest BCUT2D eigenvalue weighted by molar-refractivity contribution is -0.149. The molecule has 7 heteroatoms. The monoisotopic (exact) mass is 482 g/mol. The van der Waals surface area contributed by atoms with Crippen LogP contribution in [0, 0.1) is 5.41 Å². The molecule has 2 aromatic carbocycles. The number of H-pyrrole nitrogens is 1. The first-order valence-electron chi connectivity index (χ1n) is 12.4. The van der Waals surface area contributed by atoms with Gasteiger partial charge in [-0.25, -0.2) is 0 Å². The van der Waals surface area contributed by atoms with Gasteiger partial charge in [0.25, 0.3) is 0 Å². The van der Waals surface area contributed by atoms with E-state index in [1.54, 1.807) is 9.80 Å². The molecule has 6 rings (SSSR count). The van der Waals surface area contributed by atoms with Gasteiger partial charge in [0.1, 0.15) is 18.2 Å². The minimum Gasteiger partial charge on any atom is -0.361 e. The molecule has 3 aliphatic heterocycles. The molecule has 3 amide bonds. The Balaban J connectivity index is 1.47. The molecular weight excluding hydrogens is 452 g/mol. The molecule has 0 radical (unpaired) electrons. The summed E-state index contributed by atoms with van der Waals surface area (Å²) in [6.07, 6.45) is 3.99. The Hall–Kier alpha value is -3.87. The van der Waals surface area contributed by atoms with Gasteiger partial charge in [0.05, 0.1) is 0 Å². The van der Waals surface area contributed by atoms with Crippen molar-refractivity contribution in [3.63, 3.8) is 0 Å². The maximum Gasteiger partial charge on any atom is 0.247 e. The molecule has 36 heavy (non-hydrogen) atoms. The molecule has 4 atom stereocenters. The van der Waals surface area contributed by atoms with Crippen molar-refractivity contribution in [2.24, 2.45) is 5.41 Å². The highest BCUT2D eigenvalue weighted by Gasteiger charge is 2.69. The maximum absolute atomic E-state index is 14.2. The first kappa shape index (κ1) is 22.6. The number of nitrogens with one attached hydrogen (secondary N) is 2. The van der Waals surface area contributed by atoms with E-state index < -0.39 is 29.1 Å². The summed E-state index contributed by atoms with van der Waals surface area (Å²) in [4.78, 5) is 47.5. The van der Waals surface area contributed by atoms with Crippen LogP contribution in [0.5, 0.6) is 0 Å². The third kappa shape index (κ3) is 2.77. The van der Waals surface area contributed by atoms with Crippen molar-refractivity contribution < 1.29 is 14.4 Å². The maximum atomic E-state index is 14.2. The predicted molar refractivity (Wildman–Crippen MR) is 138 cm³/mol. The van der Waals surface area contributed by atoms with E-state index in [-0.39, 0.29) is 17.7 Å². The van der Waals surface area contributed by atoms with Crippen LogP contribution in [0.25, 0.3) is 10.9 Å². The second-order valence-electron chi connectivity index (χ2n) is 10.8. The van der Waals surface area contributed by atoms with Gasteiger partial charge in [-0.1, -0.05) is 56.3 Å². The lowest BCUT2D eigenvalue weighted by Crippen LogP contribution is -2.66. The Morgan fingerprint density at radius 3 is 2.64 bits per heavy atom. The zero-order valence-electron chi connectivity index (χ0n) is 20.7. The molecule has 0 saturated carbocycles. The summed E-state index contributed by atoms with van der Waals surface area (Å²) >= 11 is 0.